The highest BCUT2D eigenvalue weighted by molar-refractivity contribution is 5.76. The van der Waals surface area contributed by atoms with Crippen LogP contribution in [0.25, 0.3) is 0 Å². The molecule has 1 aromatic carbocycles. The molecule has 1 aromatic rings. The number of carbonyl (C=O) groups is 1. The minimum atomic E-state index is -0.239. The highest BCUT2D eigenvalue weighted by atomic mass is 19.1. The van der Waals surface area contributed by atoms with Gasteiger partial charge in [-0.05, 0) is 31.5 Å². The summed E-state index contributed by atoms with van der Waals surface area (Å²) < 4.78 is 12.9. The second-order valence-electron chi connectivity index (χ2n) is 5.32. The molecule has 0 unspecified atom stereocenters. The van der Waals surface area contributed by atoms with Crippen molar-refractivity contribution in [3.63, 3.8) is 0 Å². The van der Waals surface area contributed by atoms with Gasteiger partial charge in [-0.15, -0.1) is 0 Å². The number of hydrogen-bond acceptors (Lipinski definition) is 2. The topological polar surface area (TPSA) is 23.6 Å². The predicted octanol–water partition coefficient (Wildman–Crippen LogP) is 2.27. The number of nitrogens with zero attached hydrogens (tertiary/aromatic N) is 2. The molecule has 0 spiro atoms. The molecule has 2 rings (SSSR count). The average Bonchev–Trinajstić information content (AvgIpc) is 2.55. The largest absolute Gasteiger partial charge is 0.337 e. The first-order chi connectivity index (χ1) is 9.06. The molecule has 1 aliphatic rings. The molecule has 19 heavy (non-hydrogen) atoms. The molecule has 1 saturated heterocycles. The van der Waals surface area contributed by atoms with Crippen LogP contribution in [0.1, 0.15) is 25.8 Å². The van der Waals surface area contributed by atoms with Crippen LogP contribution in [0, 0.1) is 5.82 Å². The van der Waals surface area contributed by atoms with E-state index >= 15 is 0 Å². The standard InChI is InChI=1S/C15H21FN2O/c1-12(2)17-8-7-15(19)18(10-9-17)11-13-3-5-14(16)6-4-13/h3-6,12H,7-11H2,1-2H3. The van der Waals surface area contributed by atoms with Gasteiger partial charge in [-0.25, -0.2) is 4.39 Å². The zero-order chi connectivity index (χ0) is 13.8. The maximum atomic E-state index is 12.9. The van der Waals surface area contributed by atoms with Crippen molar-refractivity contribution in [3.05, 3.63) is 35.6 Å². The van der Waals surface area contributed by atoms with E-state index in [9.17, 15) is 9.18 Å². The van der Waals surface area contributed by atoms with E-state index in [1.807, 2.05) is 4.90 Å². The third-order valence-corrected chi connectivity index (χ3v) is 3.64. The van der Waals surface area contributed by atoms with E-state index in [4.69, 9.17) is 0 Å². The van der Waals surface area contributed by atoms with Crippen molar-refractivity contribution in [2.45, 2.75) is 32.9 Å². The van der Waals surface area contributed by atoms with E-state index in [0.717, 1.165) is 25.2 Å². The summed E-state index contributed by atoms with van der Waals surface area (Å²) in [6.07, 6.45) is 0.569. The first kappa shape index (κ1) is 14.0. The lowest BCUT2D eigenvalue weighted by molar-refractivity contribution is -0.130. The average molecular weight is 264 g/mol. The molecule has 3 nitrogen and oxygen atoms in total. The van der Waals surface area contributed by atoms with Crippen LogP contribution in [0.4, 0.5) is 4.39 Å². The molecule has 1 aliphatic heterocycles. The van der Waals surface area contributed by atoms with E-state index in [1.165, 1.54) is 12.1 Å². The molecule has 4 heteroatoms. The van der Waals surface area contributed by atoms with Gasteiger partial charge in [-0.2, -0.15) is 0 Å². The summed E-state index contributed by atoms with van der Waals surface area (Å²) in [5, 5.41) is 0. The Hall–Kier alpha value is -1.42. The van der Waals surface area contributed by atoms with E-state index < -0.39 is 0 Å². The molecule has 0 atom stereocenters. The smallest absolute Gasteiger partial charge is 0.224 e. The van der Waals surface area contributed by atoms with Crippen LogP contribution in [0.3, 0.4) is 0 Å². The van der Waals surface area contributed by atoms with Gasteiger partial charge < -0.3 is 4.90 Å². The van der Waals surface area contributed by atoms with Gasteiger partial charge in [0, 0.05) is 38.6 Å². The number of hydrogen-bond donors (Lipinski definition) is 0. The molecular formula is C15H21FN2O. The number of amides is 1. The Labute approximate surface area is 114 Å². The third-order valence-electron chi connectivity index (χ3n) is 3.64. The van der Waals surface area contributed by atoms with Gasteiger partial charge in [-0.3, -0.25) is 9.69 Å². The van der Waals surface area contributed by atoms with Crippen molar-refractivity contribution in [2.75, 3.05) is 19.6 Å². The van der Waals surface area contributed by atoms with Crippen LogP contribution in [-0.4, -0.2) is 41.4 Å². The minimum Gasteiger partial charge on any atom is -0.337 e. The van der Waals surface area contributed by atoms with Gasteiger partial charge in [0.25, 0.3) is 0 Å². The molecular weight excluding hydrogens is 243 g/mol. The maximum Gasteiger partial charge on any atom is 0.224 e. The van der Waals surface area contributed by atoms with Crippen LogP contribution < -0.4 is 0 Å². The Kier molecular flexibility index (Phi) is 4.53. The fraction of sp³-hybridized carbons (Fsp3) is 0.533. The fourth-order valence-electron chi connectivity index (χ4n) is 2.38. The Morgan fingerprint density at radius 1 is 1.16 bits per heavy atom. The number of halogens is 1. The molecule has 1 heterocycles. The zero-order valence-electron chi connectivity index (χ0n) is 11.6. The summed E-state index contributed by atoms with van der Waals surface area (Å²) in [5.74, 6) is -0.0515. The molecule has 0 saturated carbocycles. The van der Waals surface area contributed by atoms with Crippen molar-refractivity contribution < 1.29 is 9.18 Å². The van der Waals surface area contributed by atoms with E-state index in [0.29, 0.717) is 19.0 Å². The SMILES string of the molecule is CC(C)N1CCC(=O)N(Cc2ccc(F)cc2)CC1. The number of rotatable bonds is 3. The molecule has 1 fully saturated rings. The minimum absolute atomic E-state index is 0.187. The van der Waals surface area contributed by atoms with Crippen LogP contribution in [0.2, 0.25) is 0 Å². The van der Waals surface area contributed by atoms with Crippen molar-refractivity contribution in [2.24, 2.45) is 0 Å². The van der Waals surface area contributed by atoms with E-state index in [1.54, 1.807) is 12.1 Å². The molecule has 1 amide bonds. The van der Waals surface area contributed by atoms with Crippen molar-refractivity contribution in [1.82, 2.24) is 9.80 Å². The van der Waals surface area contributed by atoms with Crippen LogP contribution >= 0.6 is 0 Å². The summed E-state index contributed by atoms with van der Waals surface area (Å²) >= 11 is 0. The van der Waals surface area contributed by atoms with Crippen molar-refractivity contribution in [1.29, 1.82) is 0 Å². The summed E-state index contributed by atoms with van der Waals surface area (Å²) in [6.45, 7) is 7.36. The summed E-state index contributed by atoms with van der Waals surface area (Å²) in [4.78, 5) is 16.3. The lowest BCUT2D eigenvalue weighted by Crippen LogP contribution is -2.35. The monoisotopic (exact) mass is 264 g/mol. The van der Waals surface area contributed by atoms with Gasteiger partial charge in [0.15, 0.2) is 0 Å². The summed E-state index contributed by atoms with van der Waals surface area (Å²) in [6, 6.07) is 6.84. The quantitative estimate of drug-likeness (QED) is 0.836. The van der Waals surface area contributed by atoms with Crippen LogP contribution in [-0.2, 0) is 11.3 Å². The second kappa shape index (κ2) is 6.15. The molecule has 0 N–H and O–H groups in total. The van der Waals surface area contributed by atoms with E-state index in [-0.39, 0.29) is 11.7 Å². The molecule has 104 valence electrons. The third kappa shape index (κ3) is 3.77. The number of carbonyl (C=O) groups excluding carboxylic acids is 1. The van der Waals surface area contributed by atoms with Crippen LogP contribution in [0.15, 0.2) is 24.3 Å². The second-order valence-corrected chi connectivity index (χ2v) is 5.32. The number of benzene rings is 1. The fourth-order valence-corrected chi connectivity index (χ4v) is 2.38. The first-order valence-corrected chi connectivity index (χ1v) is 6.82. The zero-order valence-corrected chi connectivity index (χ0v) is 11.6. The highest BCUT2D eigenvalue weighted by Crippen LogP contribution is 2.12. The van der Waals surface area contributed by atoms with Gasteiger partial charge >= 0.3 is 0 Å². The van der Waals surface area contributed by atoms with E-state index in [2.05, 4.69) is 18.7 Å². The van der Waals surface area contributed by atoms with Crippen molar-refractivity contribution >= 4 is 5.91 Å². The molecule has 0 bridgehead atoms. The summed E-state index contributed by atoms with van der Waals surface area (Å²) in [5.41, 5.74) is 0.979. The lowest BCUT2D eigenvalue weighted by Gasteiger charge is -2.24. The normalized spacial score (nSPS) is 17.9. The maximum absolute atomic E-state index is 12.9. The lowest BCUT2D eigenvalue weighted by atomic mass is 10.2. The molecule has 0 aliphatic carbocycles. The Morgan fingerprint density at radius 3 is 2.47 bits per heavy atom. The highest BCUT2D eigenvalue weighted by Gasteiger charge is 2.22. The van der Waals surface area contributed by atoms with Gasteiger partial charge in [0.2, 0.25) is 5.91 Å². The van der Waals surface area contributed by atoms with Gasteiger partial charge in [-0.1, -0.05) is 12.1 Å². The Balaban J connectivity index is 1.99. The first-order valence-electron chi connectivity index (χ1n) is 6.82. The van der Waals surface area contributed by atoms with Crippen molar-refractivity contribution in [3.8, 4) is 0 Å². The predicted molar refractivity (Wildman–Crippen MR) is 73.1 cm³/mol. The summed E-state index contributed by atoms with van der Waals surface area (Å²) in [7, 11) is 0. The Bertz CT molecular complexity index is 430. The van der Waals surface area contributed by atoms with Crippen LogP contribution in [0.5, 0.6) is 0 Å². The van der Waals surface area contributed by atoms with Gasteiger partial charge in [0.05, 0.1) is 0 Å². The molecule has 0 aromatic heterocycles. The molecule has 0 radical (unpaired) electrons. The van der Waals surface area contributed by atoms with Gasteiger partial charge in [0.1, 0.15) is 5.82 Å². The Morgan fingerprint density at radius 2 is 1.84 bits per heavy atom.